The van der Waals surface area contributed by atoms with Crippen molar-refractivity contribution in [2.45, 2.75) is 39.2 Å². The predicted molar refractivity (Wildman–Crippen MR) is 145 cm³/mol. The number of rotatable bonds is 12. The van der Waals surface area contributed by atoms with E-state index < -0.39 is 17.7 Å². The van der Waals surface area contributed by atoms with Crippen LogP contribution >= 0.6 is 0 Å². The van der Waals surface area contributed by atoms with Crippen molar-refractivity contribution >= 4 is 17.4 Å². The fraction of sp³-hybridized carbons (Fsp3) is 0.467. The quantitative estimate of drug-likeness (QED) is 0.191. The monoisotopic (exact) mass is 522 g/mol. The molecule has 2 aromatic carbocycles. The molecule has 0 aromatic heterocycles. The number of hydrogen-bond acceptors (Lipinski definition) is 7. The number of aliphatic hydroxyl groups excluding tert-OH is 1. The summed E-state index contributed by atoms with van der Waals surface area (Å²) in [4.78, 5) is 30.4. The average Bonchev–Trinajstić information content (AvgIpc) is 3.19. The molecule has 2 aliphatic heterocycles. The lowest BCUT2D eigenvalue weighted by Gasteiger charge is -2.29. The molecule has 0 spiro atoms. The van der Waals surface area contributed by atoms with Crippen LogP contribution in [0.4, 0.5) is 0 Å². The number of nitrogens with zero attached hydrogens (tertiary/aromatic N) is 2. The molecule has 2 fully saturated rings. The van der Waals surface area contributed by atoms with Crippen LogP contribution in [0, 0.1) is 0 Å². The maximum atomic E-state index is 13.3. The third kappa shape index (κ3) is 6.55. The molecule has 8 nitrogen and oxygen atoms in total. The Bertz CT molecular complexity index is 1110. The zero-order valence-corrected chi connectivity index (χ0v) is 22.4. The van der Waals surface area contributed by atoms with Gasteiger partial charge in [-0.2, -0.15) is 0 Å². The highest BCUT2D eigenvalue weighted by Gasteiger charge is 2.45. The molecule has 0 bridgehead atoms. The van der Waals surface area contributed by atoms with Gasteiger partial charge in [0.2, 0.25) is 0 Å². The Morgan fingerprint density at radius 2 is 1.58 bits per heavy atom. The third-order valence-electron chi connectivity index (χ3n) is 6.92. The minimum Gasteiger partial charge on any atom is -0.507 e. The van der Waals surface area contributed by atoms with Gasteiger partial charge in [0.25, 0.3) is 11.7 Å². The first-order chi connectivity index (χ1) is 18.5. The minimum absolute atomic E-state index is 0.102. The summed E-state index contributed by atoms with van der Waals surface area (Å²) in [7, 11) is 0. The lowest BCUT2D eigenvalue weighted by molar-refractivity contribution is -0.140. The van der Waals surface area contributed by atoms with E-state index in [1.807, 2.05) is 31.2 Å². The molecule has 38 heavy (non-hydrogen) atoms. The van der Waals surface area contributed by atoms with Gasteiger partial charge in [-0.3, -0.25) is 14.5 Å². The second kappa shape index (κ2) is 13.4. The molecular formula is C30H38N2O6. The molecule has 2 aliphatic rings. The summed E-state index contributed by atoms with van der Waals surface area (Å²) in [6, 6.07) is 13.7. The maximum absolute atomic E-state index is 13.3. The van der Waals surface area contributed by atoms with Crippen molar-refractivity contribution in [3.05, 3.63) is 65.2 Å². The first-order valence-electron chi connectivity index (χ1n) is 13.6. The lowest BCUT2D eigenvalue weighted by Crippen LogP contribution is -2.38. The molecular weight excluding hydrogens is 484 g/mol. The molecule has 2 heterocycles. The zero-order chi connectivity index (χ0) is 26.9. The van der Waals surface area contributed by atoms with Gasteiger partial charge in [0.1, 0.15) is 17.3 Å². The smallest absolute Gasteiger partial charge is 0.295 e. The number of benzene rings is 2. The van der Waals surface area contributed by atoms with Crippen LogP contribution in [0.2, 0.25) is 0 Å². The molecule has 4 rings (SSSR count). The summed E-state index contributed by atoms with van der Waals surface area (Å²) in [6.45, 7) is 9.52. The largest absolute Gasteiger partial charge is 0.507 e. The molecule has 204 valence electrons. The van der Waals surface area contributed by atoms with Gasteiger partial charge in [0.05, 0.1) is 38.0 Å². The van der Waals surface area contributed by atoms with Gasteiger partial charge in [-0.25, -0.2) is 0 Å². The number of amides is 1. The van der Waals surface area contributed by atoms with E-state index in [1.54, 1.807) is 29.2 Å². The topological polar surface area (TPSA) is 88.5 Å². The normalized spacial score (nSPS) is 19.6. The van der Waals surface area contributed by atoms with Gasteiger partial charge in [-0.1, -0.05) is 25.5 Å². The van der Waals surface area contributed by atoms with E-state index in [-0.39, 0.29) is 11.3 Å². The molecule has 1 atom stereocenters. The van der Waals surface area contributed by atoms with Crippen molar-refractivity contribution in [1.82, 2.24) is 9.80 Å². The van der Waals surface area contributed by atoms with Gasteiger partial charge in [0, 0.05) is 31.7 Å². The van der Waals surface area contributed by atoms with E-state index in [1.165, 1.54) is 0 Å². The fourth-order valence-electron chi connectivity index (χ4n) is 4.86. The molecule has 1 amide bonds. The summed E-state index contributed by atoms with van der Waals surface area (Å²) in [5.74, 6) is -0.0400. The summed E-state index contributed by atoms with van der Waals surface area (Å²) < 4.78 is 16.7. The second-order valence-corrected chi connectivity index (χ2v) is 9.53. The van der Waals surface area contributed by atoms with Crippen molar-refractivity contribution in [1.29, 1.82) is 0 Å². The number of likely N-dealkylation sites (tertiary alicyclic amines) is 1. The Balaban J connectivity index is 1.61. The standard InChI is InChI=1S/C30H38N2O6/c1-3-5-19-38-25-13-9-23(10-14-25)28(33)26-27(22-7-11-24(12-8-22)37-4-2)32(30(35)29(26)34)16-6-15-31-17-20-36-21-18-31/h7-14,27,33H,3-6,15-21H2,1-2H3/b28-26+. The fourth-order valence-corrected chi connectivity index (χ4v) is 4.86. The molecule has 0 radical (unpaired) electrons. The lowest BCUT2D eigenvalue weighted by atomic mass is 9.95. The van der Waals surface area contributed by atoms with E-state index in [0.29, 0.717) is 56.5 Å². The Labute approximate surface area is 224 Å². The SMILES string of the molecule is CCCCOc1ccc(/C(O)=C2\C(=O)C(=O)N(CCCN3CCOCC3)C2c2ccc(OCC)cc2)cc1. The Hall–Kier alpha value is -3.36. The van der Waals surface area contributed by atoms with Crippen molar-refractivity contribution in [3.8, 4) is 11.5 Å². The summed E-state index contributed by atoms with van der Waals surface area (Å²) in [6.07, 6.45) is 2.71. The number of unbranched alkanes of at least 4 members (excludes halogenated alkanes) is 1. The minimum atomic E-state index is -0.684. The van der Waals surface area contributed by atoms with Crippen LogP contribution in [0.5, 0.6) is 11.5 Å². The highest BCUT2D eigenvalue weighted by atomic mass is 16.5. The molecule has 8 heteroatoms. The number of carbonyl (C=O) groups is 2. The van der Waals surface area contributed by atoms with E-state index >= 15 is 0 Å². The molecule has 1 unspecified atom stereocenters. The van der Waals surface area contributed by atoms with Crippen molar-refractivity contribution in [3.63, 3.8) is 0 Å². The maximum Gasteiger partial charge on any atom is 0.295 e. The first-order valence-corrected chi connectivity index (χ1v) is 13.6. The van der Waals surface area contributed by atoms with E-state index in [0.717, 1.165) is 38.0 Å². The Morgan fingerprint density at radius 3 is 2.24 bits per heavy atom. The van der Waals surface area contributed by atoms with Gasteiger partial charge in [-0.05, 0) is 61.7 Å². The third-order valence-corrected chi connectivity index (χ3v) is 6.92. The number of ether oxygens (including phenoxy) is 3. The van der Waals surface area contributed by atoms with E-state index in [9.17, 15) is 14.7 Å². The second-order valence-electron chi connectivity index (χ2n) is 9.53. The van der Waals surface area contributed by atoms with Crippen LogP contribution in [0.15, 0.2) is 54.1 Å². The van der Waals surface area contributed by atoms with Crippen LogP contribution in [0.25, 0.3) is 5.76 Å². The van der Waals surface area contributed by atoms with Crippen LogP contribution in [-0.4, -0.2) is 79.2 Å². The Morgan fingerprint density at radius 1 is 0.921 bits per heavy atom. The van der Waals surface area contributed by atoms with Gasteiger partial charge in [0.15, 0.2) is 0 Å². The van der Waals surface area contributed by atoms with Crippen LogP contribution < -0.4 is 9.47 Å². The van der Waals surface area contributed by atoms with E-state index in [2.05, 4.69) is 11.8 Å². The van der Waals surface area contributed by atoms with Crippen molar-refractivity contribution < 1.29 is 28.9 Å². The number of Topliss-reactive ketones (excluding diaryl/α,β-unsaturated/α-hetero) is 1. The number of hydrogen-bond donors (Lipinski definition) is 1. The molecule has 0 aliphatic carbocycles. The molecule has 2 aromatic rings. The van der Waals surface area contributed by atoms with E-state index in [4.69, 9.17) is 14.2 Å². The molecule has 0 saturated carbocycles. The number of carbonyl (C=O) groups excluding carboxylic acids is 2. The molecule has 2 saturated heterocycles. The highest BCUT2D eigenvalue weighted by molar-refractivity contribution is 6.46. The number of ketones is 1. The summed E-state index contributed by atoms with van der Waals surface area (Å²) in [5.41, 5.74) is 1.32. The number of aliphatic hydroxyl groups is 1. The Kier molecular flexibility index (Phi) is 9.79. The summed E-state index contributed by atoms with van der Waals surface area (Å²) in [5, 5.41) is 11.3. The van der Waals surface area contributed by atoms with Crippen LogP contribution in [0.1, 0.15) is 50.3 Å². The van der Waals surface area contributed by atoms with Gasteiger partial charge >= 0.3 is 0 Å². The van der Waals surface area contributed by atoms with Gasteiger partial charge in [-0.15, -0.1) is 0 Å². The zero-order valence-electron chi connectivity index (χ0n) is 22.4. The first kappa shape index (κ1) is 27.7. The van der Waals surface area contributed by atoms with Crippen molar-refractivity contribution in [2.75, 3.05) is 52.6 Å². The highest BCUT2D eigenvalue weighted by Crippen LogP contribution is 2.40. The predicted octanol–water partition coefficient (Wildman–Crippen LogP) is 4.41. The van der Waals surface area contributed by atoms with Crippen LogP contribution in [0.3, 0.4) is 0 Å². The summed E-state index contributed by atoms with van der Waals surface area (Å²) >= 11 is 0. The van der Waals surface area contributed by atoms with Crippen LogP contribution in [-0.2, 0) is 14.3 Å². The average molecular weight is 523 g/mol. The van der Waals surface area contributed by atoms with Gasteiger partial charge < -0.3 is 24.2 Å². The number of morpholine rings is 1. The molecule has 1 N–H and O–H groups in total. The van der Waals surface area contributed by atoms with Crippen molar-refractivity contribution in [2.24, 2.45) is 0 Å².